The first-order chi connectivity index (χ1) is 24.9. The predicted octanol–water partition coefficient (Wildman–Crippen LogP) is 9.92. The molecule has 4 rings (SSSR count). The summed E-state index contributed by atoms with van der Waals surface area (Å²) in [6.07, 6.45) is 12.1. The van der Waals surface area contributed by atoms with Crippen LogP contribution < -0.4 is 5.32 Å². The highest BCUT2D eigenvalue weighted by Crippen LogP contribution is 2.51. The number of ether oxygens (including phenoxy) is 1. The number of carboxylic acids is 1. The highest BCUT2D eigenvalue weighted by atomic mass is 28.4. The first-order valence-electron chi connectivity index (χ1n) is 18.6. The van der Waals surface area contributed by atoms with E-state index in [2.05, 4.69) is 99.8 Å². The van der Waals surface area contributed by atoms with Crippen LogP contribution in [0.5, 0.6) is 0 Å². The molecule has 0 saturated heterocycles. The predicted molar refractivity (Wildman–Crippen MR) is 216 cm³/mol. The summed E-state index contributed by atoms with van der Waals surface area (Å²) >= 11 is 0. The highest BCUT2D eigenvalue weighted by molar-refractivity contribution is 6.74. The maximum atomic E-state index is 13.6. The number of rotatable bonds is 17. The number of nitrogens with one attached hydrogen (secondary N) is 1. The normalized spacial score (nSPS) is 15.4. The van der Waals surface area contributed by atoms with E-state index in [1.54, 1.807) is 12.2 Å². The van der Waals surface area contributed by atoms with E-state index in [9.17, 15) is 19.5 Å². The number of carbonyl (C=O) groups is 3. The van der Waals surface area contributed by atoms with Crippen molar-refractivity contribution in [3.05, 3.63) is 132 Å². The van der Waals surface area contributed by atoms with Gasteiger partial charge in [0.1, 0.15) is 5.60 Å². The van der Waals surface area contributed by atoms with E-state index in [4.69, 9.17) is 9.16 Å². The third-order valence-electron chi connectivity index (χ3n) is 9.92. The lowest BCUT2D eigenvalue weighted by molar-refractivity contribution is -0.148. The molecule has 0 spiro atoms. The van der Waals surface area contributed by atoms with Gasteiger partial charge in [0.25, 0.3) is 0 Å². The van der Waals surface area contributed by atoms with Gasteiger partial charge in [-0.3, -0.25) is 14.9 Å². The van der Waals surface area contributed by atoms with Gasteiger partial charge in [-0.15, -0.1) is 0 Å². The molecule has 2 N–H and O–H groups in total. The van der Waals surface area contributed by atoms with Gasteiger partial charge in [-0.1, -0.05) is 118 Å². The molecule has 1 aliphatic rings. The second-order valence-electron chi connectivity index (χ2n) is 16.3. The molecule has 0 radical (unpaired) electrons. The summed E-state index contributed by atoms with van der Waals surface area (Å²) in [6.45, 7) is 16.3. The monoisotopic (exact) mass is 735 g/mol. The molecule has 0 bridgehead atoms. The van der Waals surface area contributed by atoms with Crippen molar-refractivity contribution in [3.8, 4) is 11.1 Å². The molecule has 1 aliphatic carbocycles. The second kappa shape index (κ2) is 17.6. The van der Waals surface area contributed by atoms with Crippen molar-refractivity contribution in [1.82, 2.24) is 5.32 Å². The summed E-state index contributed by atoms with van der Waals surface area (Å²) in [6, 6.07) is 26.8. The summed E-state index contributed by atoms with van der Waals surface area (Å²) in [5.41, 5.74) is 4.29. The lowest BCUT2D eigenvalue weighted by Gasteiger charge is -2.38. The average Bonchev–Trinajstić information content (AvgIpc) is 3.37. The molecular formula is C45H57NO6Si. The van der Waals surface area contributed by atoms with Crippen LogP contribution in [0.15, 0.2) is 115 Å². The molecule has 3 aromatic carbocycles. The van der Waals surface area contributed by atoms with Crippen molar-refractivity contribution in [2.45, 2.75) is 115 Å². The van der Waals surface area contributed by atoms with E-state index in [1.165, 1.54) is 6.08 Å². The van der Waals surface area contributed by atoms with E-state index < -0.39 is 37.5 Å². The minimum Gasteiger partial charge on any atom is -0.481 e. The number of fused-ring (bicyclic) bond motifs is 3. The van der Waals surface area contributed by atoms with Gasteiger partial charge < -0.3 is 14.3 Å². The molecule has 0 heterocycles. The standard InChI is InChI=1S/C45H57NO6Si/c1-43(2,3)51-42(50)32-31-36(52-53(7,8)44(4,5)6)30-29-35(47)28-27-34(21-13-10-14-26-41(48)49)46-45(33-19-11-9-12-20-33)39-24-17-15-22-37(39)38-23-16-18-25-40(38)45/h9,11-13,15-25,27-28,31-32,34,36,46H,10,14,26,29-30H2,1-8H3,(H,48,49)/t34-,36+/m0/s1. The lowest BCUT2D eigenvalue weighted by atomic mass is 9.80. The van der Waals surface area contributed by atoms with Crippen LogP contribution in [0.3, 0.4) is 0 Å². The minimum absolute atomic E-state index is 0.0587. The molecule has 3 aromatic rings. The van der Waals surface area contributed by atoms with Crippen LogP contribution in [0.4, 0.5) is 0 Å². The van der Waals surface area contributed by atoms with Crippen molar-refractivity contribution in [1.29, 1.82) is 0 Å². The Hall–Kier alpha value is -4.37. The molecule has 0 aliphatic heterocycles. The number of aliphatic carboxylic acids is 1. The molecule has 53 heavy (non-hydrogen) atoms. The van der Waals surface area contributed by atoms with Crippen molar-refractivity contribution < 1.29 is 28.7 Å². The van der Waals surface area contributed by atoms with Crippen LogP contribution in [-0.2, 0) is 29.1 Å². The molecule has 0 unspecified atom stereocenters. The molecule has 0 amide bonds. The van der Waals surface area contributed by atoms with Gasteiger partial charge in [-0.2, -0.15) is 0 Å². The zero-order chi connectivity index (χ0) is 38.9. The fourth-order valence-corrected chi connectivity index (χ4v) is 7.65. The minimum atomic E-state index is -2.23. The van der Waals surface area contributed by atoms with E-state index in [1.807, 2.05) is 57.2 Å². The lowest BCUT2D eigenvalue weighted by Crippen LogP contribution is -2.47. The fourth-order valence-electron chi connectivity index (χ4n) is 6.35. The number of hydrogen-bond donors (Lipinski definition) is 2. The van der Waals surface area contributed by atoms with Crippen molar-refractivity contribution in [2.75, 3.05) is 0 Å². The number of unbranched alkanes of at least 4 members (excludes halogenated alkanes) is 1. The summed E-state index contributed by atoms with van der Waals surface area (Å²) in [5.74, 6) is -1.33. The molecule has 0 aromatic heterocycles. The number of carbonyl (C=O) groups excluding carboxylic acids is 2. The maximum absolute atomic E-state index is 13.6. The molecule has 8 heteroatoms. The van der Waals surface area contributed by atoms with Crippen molar-refractivity contribution in [2.24, 2.45) is 0 Å². The van der Waals surface area contributed by atoms with Crippen LogP contribution in [0.1, 0.15) is 90.3 Å². The molecule has 0 saturated carbocycles. The van der Waals surface area contributed by atoms with E-state index in [0.717, 1.165) is 27.8 Å². The Morgan fingerprint density at radius 3 is 1.94 bits per heavy atom. The molecule has 0 fully saturated rings. The van der Waals surface area contributed by atoms with Crippen LogP contribution in [0.25, 0.3) is 11.1 Å². The smallest absolute Gasteiger partial charge is 0.331 e. The van der Waals surface area contributed by atoms with Gasteiger partial charge in [-0.05, 0) is 98.1 Å². The van der Waals surface area contributed by atoms with Crippen molar-refractivity contribution in [3.63, 3.8) is 0 Å². The largest absolute Gasteiger partial charge is 0.481 e. The van der Waals surface area contributed by atoms with Crippen LogP contribution in [-0.4, -0.2) is 48.9 Å². The zero-order valence-electron chi connectivity index (χ0n) is 32.6. The SMILES string of the molecule is CC(C)(C)OC(=O)C=C[C@@H](CCC(=O)C=C[C@H](C=CCCCC(=O)O)NC1(c2ccccc2)c2ccccc2-c2ccccc21)O[Si](C)(C)C(C)(C)C. The number of ketones is 1. The van der Waals surface area contributed by atoms with E-state index >= 15 is 0 Å². The molecular weight excluding hydrogens is 679 g/mol. The third kappa shape index (κ3) is 11.1. The summed E-state index contributed by atoms with van der Waals surface area (Å²) in [4.78, 5) is 37.3. The van der Waals surface area contributed by atoms with Gasteiger partial charge in [0, 0.05) is 25.0 Å². The van der Waals surface area contributed by atoms with E-state index in [-0.39, 0.29) is 29.7 Å². The summed E-state index contributed by atoms with van der Waals surface area (Å²) in [5, 5.41) is 13.1. The molecule has 2 atom stereocenters. The highest BCUT2D eigenvalue weighted by Gasteiger charge is 2.45. The second-order valence-corrected chi connectivity index (χ2v) is 21.0. The zero-order valence-corrected chi connectivity index (χ0v) is 33.6. The Balaban J connectivity index is 1.64. The van der Waals surface area contributed by atoms with Gasteiger partial charge >= 0.3 is 11.9 Å². The Labute approximate surface area is 317 Å². The Bertz CT molecular complexity index is 1770. The Morgan fingerprint density at radius 1 is 0.792 bits per heavy atom. The first-order valence-corrected chi connectivity index (χ1v) is 21.5. The van der Waals surface area contributed by atoms with Gasteiger partial charge in [0.05, 0.1) is 11.6 Å². The maximum Gasteiger partial charge on any atom is 0.331 e. The van der Waals surface area contributed by atoms with Gasteiger partial charge in [0.15, 0.2) is 14.1 Å². The summed E-state index contributed by atoms with van der Waals surface area (Å²) < 4.78 is 12.2. The van der Waals surface area contributed by atoms with Gasteiger partial charge in [-0.25, -0.2) is 4.79 Å². The van der Waals surface area contributed by atoms with Crippen LogP contribution in [0, 0.1) is 0 Å². The number of hydrogen-bond acceptors (Lipinski definition) is 6. The molecule has 7 nitrogen and oxygen atoms in total. The number of carboxylic acid groups (broad SMARTS) is 1. The van der Waals surface area contributed by atoms with Crippen LogP contribution in [0.2, 0.25) is 18.1 Å². The quantitative estimate of drug-likeness (QED) is 0.0468. The van der Waals surface area contributed by atoms with Gasteiger partial charge in [0.2, 0.25) is 0 Å². The van der Waals surface area contributed by atoms with E-state index in [0.29, 0.717) is 19.3 Å². The van der Waals surface area contributed by atoms with Crippen LogP contribution >= 0.6 is 0 Å². The number of allylic oxidation sites excluding steroid dienone is 2. The third-order valence-corrected chi connectivity index (χ3v) is 14.4. The Morgan fingerprint density at radius 2 is 1.38 bits per heavy atom. The number of esters is 1. The summed E-state index contributed by atoms with van der Waals surface area (Å²) in [7, 11) is -2.23. The topological polar surface area (TPSA) is 102 Å². The molecule has 282 valence electrons. The average molecular weight is 736 g/mol. The Kier molecular flexibility index (Phi) is 13.8. The van der Waals surface area contributed by atoms with Crippen molar-refractivity contribution >= 4 is 26.0 Å². The first kappa shape index (κ1) is 41.4. The fraction of sp³-hybridized carbons (Fsp3) is 0.400. The number of benzene rings is 3.